The molecule has 0 aliphatic heterocycles. The van der Waals surface area contributed by atoms with E-state index in [1.807, 2.05) is 24.3 Å². The van der Waals surface area contributed by atoms with Gasteiger partial charge in [-0.25, -0.2) is 4.39 Å². The number of fused-ring (bicyclic) bond motifs is 1. The summed E-state index contributed by atoms with van der Waals surface area (Å²) in [7, 11) is 0. The molecule has 2 unspecified atom stereocenters. The summed E-state index contributed by atoms with van der Waals surface area (Å²) < 4.78 is 13.7. The van der Waals surface area contributed by atoms with Crippen molar-refractivity contribution in [3.63, 3.8) is 0 Å². The molecule has 2 amide bonds. The van der Waals surface area contributed by atoms with Gasteiger partial charge in [-0.05, 0) is 29.3 Å². The Morgan fingerprint density at radius 1 is 1.21 bits per heavy atom. The van der Waals surface area contributed by atoms with E-state index in [2.05, 4.69) is 10.6 Å². The Morgan fingerprint density at radius 3 is 2.71 bits per heavy atom. The molecule has 0 bridgehead atoms. The first-order chi connectivity index (χ1) is 11.5. The van der Waals surface area contributed by atoms with Gasteiger partial charge in [0.05, 0.1) is 17.8 Å². The first-order valence-corrected chi connectivity index (χ1v) is 7.59. The predicted molar refractivity (Wildman–Crippen MR) is 87.1 cm³/mol. The minimum atomic E-state index is -0.707. The maximum Gasteiger partial charge on any atom is 0.251 e. The van der Waals surface area contributed by atoms with Crippen molar-refractivity contribution in [1.29, 1.82) is 0 Å². The molecule has 0 fully saturated rings. The molecule has 0 radical (unpaired) electrons. The zero-order chi connectivity index (χ0) is 17.3. The van der Waals surface area contributed by atoms with Crippen molar-refractivity contribution >= 4 is 17.5 Å². The van der Waals surface area contributed by atoms with E-state index < -0.39 is 29.8 Å². The maximum absolute atomic E-state index is 13.7. The number of hydrogen-bond donors (Lipinski definition) is 3. The van der Waals surface area contributed by atoms with Crippen molar-refractivity contribution in [3.05, 3.63) is 65.0 Å². The first-order valence-electron chi connectivity index (χ1n) is 7.59. The van der Waals surface area contributed by atoms with Gasteiger partial charge in [0.25, 0.3) is 5.91 Å². The number of aliphatic hydroxyl groups excluding tert-OH is 1. The van der Waals surface area contributed by atoms with Gasteiger partial charge in [0.1, 0.15) is 5.82 Å². The summed E-state index contributed by atoms with van der Waals surface area (Å²) in [6.45, 7) is 1.26. The van der Waals surface area contributed by atoms with E-state index in [0.29, 0.717) is 6.42 Å². The van der Waals surface area contributed by atoms with Crippen LogP contribution in [-0.2, 0) is 11.2 Å². The topological polar surface area (TPSA) is 78.4 Å². The summed E-state index contributed by atoms with van der Waals surface area (Å²) >= 11 is 0. The van der Waals surface area contributed by atoms with Crippen LogP contribution in [0.5, 0.6) is 0 Å². The lowest BCUT2D eigenvalue weighted by molar-refractivity contribution is -0.114. The van der Waals surface area contributed by atoms with Gasteiger partial charge < -0.3 is 15.7 Å². The standard InChI is InChI=1S/C18H17FN2O3/c1-10(22)20-15-8-12(6-7-14(15)19)18(24)21-17-13-5-3-2-4-11(13)9-16(17)23/h2-8,16-17,23H,9H2,1H3,(H,20,22)(H,21,24). The molecular formula is C18H17FN2O3. The van der Waals surface area contributed by atoms with E-state index in [0.717, 1.165) is 17.2 Å². The zero-order valence-corrected chi connectivity index (χ0v) is 13.0. The zero-order valence-electron chi connectivity index (χ0n) is 13.0. The van der Waals surface area contributed by atoms with Crippen molar-refractivity contribution < 1.29 is 19.1 Å². The Morgan fingerprint density at radius 2 is 1.96 bits per heavy atom. The monoisotopic (exact) mass is 328 g/mol. The number of benzene rings is 2. The number of carbonyl (C=O) groups is 2. The fourth-order valence-corrected chi connectivity index (χ4v) is 2.92. The number of nitrogens with one attached hydrogen (secondary N) is 2. The largest absolute Gasteiger partial charge is 0.390 e. The second kappa shape index (κ2) is 6.41. The third-order valence-corrected chi connectivity index (χ3v) is 4.03. The summed E-state index contributed by atoms with van der Waals surface area (Å²) in [6, 6.07) is 10.7. The predicted octanol–water partition coefficient (Wildman–Crippen LogP) is 2.17. The summed E-state index contributed by atoms with van der Waals surface area (Å²) in [6.07, 6.45) is -0.233. The molecule has 0 heterocycles. The summed E-state index contributed by atoms with van der Waals surface area (Å²) in [5.41, 5.74) is 2.02. The Bertz CT molecular complexity index is 807. The number of carbonyl (C=O) groups excluding carboxylic acids is 2. The van der Waals surface area contributed by atoms with Crippen LogP contribution in [0.2, 0.25) is 0 Å². The van der Waals surface area contributed by atoms with Crippen molar-refractivity contribution in [1.82, 2.24) is 5.32 Å². The molecule has 5 nitrogen and oxygen atoms in total. The normalized spacial score (nSPS) is 18.8. The average Bonchev–Trinajstić information content (AvgIpc) is 2.85. The fraction of sp³-hybridized carbons (Fsp3) is 0.222. The van der Waals surface area contributed by atoms with Crippen LogP contribution in [0.15, 0.2) is 42.5 Å². The van der Waals surface area contributed by atoms with Crippen LogP contribution in [0.1, 0.15) is 34.5 Å². The lowest BCUT2D eigenvalue weighted by Gasteiger charge is -2.18. The lowest BCUT2D eigenvalue weighted by Crippen LogP contribution is -2.33. The van der Waals surface area contributed by atoms with E-state index >= 15 is 0 Å². The van der Waals surface area contributed by atoms with E-state index in [9.17, 15) is 19.1 Å². The minimum absolute atomic E-state index is 0.0532. The van der Waals surface area contributed by atoms with Crippen LogP contribution in [0.25, 0.3) is 0 Å². The van der Waals surface area contributed by atoms with E-state index in [4.69, 9.17) is 0 Å². The van der Waals surface area contributed by atoms with Crippen molar-refractivity contribution in [2.24, 2.45) is 0 Å². The molecule has 124 valence electrons. The third kappa shape index (κ3) is 3.14. The van der Waals surface area contributed by atoms with Crippen LogP contribution < -0.4 is 10.6 Å². The second-order valence-electron chi connectivity index (χ2n) is 5.80. The van der Waals surface area contributed by atoms with E-state index in [-0.39, 0.29) is 11.3 Å². The molecule has 3 rings (SSSR count). The maximum atomic E-state index is 13.7. The Hall–Kier alpha value is -2.73. The molecule has 2 aromatic rings. The summed E-state index contributed by atoms with van der Waals surface area (Å²) in [5.74, 6) is -1.48. The number of hydrogen-bond acceptors (Lipinski definition) is 3. The van der Waals surface area contributed by atoms with Gasteiger partial charge in [-0.15, -0.1) is 0 Å². The van der Waals surface area contributed by atoms with Gasteiger partial charge in [-0.2, -0.15) is 0 Å². The molecule has 0 spiro atoms. The van der Waals surface area contributed by atoms with Crippen LogP contribution in [-0.4, -0.2) is 23.0 Å². The fourth-order valence-electron chi connectivity index (χ4n) is 2.92. The Labute approximate surface area is 138 Å². The van der Waals surface area contributed by atoms with Crippen LogP contribution in [0.3, 0.4) is 0 Å². The molecule has 1 aliphatic carbocycles. The van der Waals surface area contributed by atoms with Gasteiger partial charge >= 0.3 is 0 Å². The molecule has 2 atom stereocenters. The molecule has 2 aromatic carbocycles. The highest BCUT2D eigenvalue weighted by molar-refractivity contribution is 5.97. The lowest BCUT2D eigenvalue weighted by atomic mass is 10.1. The average molecular weight is 328 g/mol. The first kappa shape index (κ1) is 16.1. The molecule has 1 aliphatic rings. The van der Waals surface area contributed by atoms with Crippen molar-refractivity contribution in [3.8, 4) is 0 Å². The Kier molecular flexibility index (Phi) is 4.31. The van der Waals surface area contributed by atoms with Crippen molar-refractivity contribution in [2.75, 3.05) is 5.32 Å². The number of halogens is 1. The molecule has 6 heteroatoms. The second-order valence-corrected chi connectivity index (χ2v) is 5.80. The highest BCUT2D eigenvalue weighted by atomic mass is 19.1. The van der Waals surface area contributed by atoms with Gasteiger partial charge in [0.2, 0.25) is 5.91 Å². The van der Waals surface area contributed by atoms with Gasteiger partial charge in [0, 0.05) is 18.9 Å². The van der Waals surface area contributed by atoms with Crippen molar-refractivity contribution in [2.45, 2.75) is 25.5 Å². The number of anilines is 1. The number of aliphatic hydroxyl groups is 1. The Balaban J connectivity index is 1.82. The van der Waals surface area contributed by atoms with Crippen LogP contribution >= 0.6 is 0 Å². The molecule has 0 saturated carbocycles. The van der Waals surface area contributed by atoms with Gasteiger partial charge in [-0.3, -0.25) is 9.59 Å². The smallest absolute Gasteiger partial charge is 0.251 e. The van der Waals surface area contributed by atoms with Gasteiger partial charge in [-0.1, -0.05) is 24.3 Å². The third-order valence-electron chi connectivity index (χ3n) is 4.03. The van der Waals surface area contributed by atoms with Crippen LogP contribution in [0, 0.1) is 5.82 Å². The van der Waals surface area contributed by atoms with Gasteiger partial charge in [0.15, 0.2) is 0 Å². The molecule has 0 saturated heterocycles. The minimum Gasteiger partial charge on any atom is -0.390 e. The molecular weight excluding hydrogens is 311 g/mol. The molecule has 0 aromatic heterocycles. The van der Waals surface area contributed by atoms with Crippen LogP contribution in [0.4, 0.5) is 10.1 Å². The SMILES string of the molecule is CC(=O)Nc1cc(C(=O)NC2c3ccccc3CC2O)ccc1F. The molecule has 24 heavy (non-hydrogen) atoms. The number of amides is 2. The number of rotatable bonds is 3. The molecule has 3 N–H and O–H groups in total. The quantitative estimate of drug-likeness (QED) is 0.808. The highest BCUT2D eigenvalue weighted by Crippen LogP contribution is 2.31. The summed E-state index contributed by atoms with van der Waals surface area (Å²) in [5, 5.41) is 15.3. The highest BCUT2D eigenvalue weighted by Gasteiger charge is 2.32. The van der Waals surface area contributed by atoms with E-state index in [1.165, 1.54) is 19.1 Å². The van der Waals surface area contributed by atoms with E-state index in [1.54, 1.807) is 0 Å². The summed E-state index contributed by atoms with van der Waals surface area (Å²) in [4.78, 5) is 23.5.